The molecule has 1 heterocycles. The molecule has 0 aromatic rings. The van der Waals surface area contributed by atoms with Crippen molar-refractivity contribution in [1.82, 2.24) is 10.6 Å². The monoisotopic (exact) mass is 306 g/mol. The SMILES string of the molecule is N[C@H]1CCSSCC[C@H](N)C(=O)NC(=O)CNC1=O. The number of amides is 3. The van der Waals surface area contributed by atoms with Crippen LogP contribution >= 0.6 is 21.6 Å². The molecule has 7 nitrogen and oxygen atoms in total. The molecule has 1 fully saturated rings. The van der Waals surface area contributed by atoms with Gasteiger partial charge in [0.25, 0.3) is 0 Å². The Kier molecular flexibility index (Phi) is 7.21. The van der Waals surface area contributed by atoms with E-state index in [-0.39, 0.29) is 6.54 Å². The van der Waals surface area contributed by atoms with Gasteiger partial charge in [-0.1, -0.05) is 21.6 Å². The summed E-state index contributed by atoms with van der Waals surface area (Å²) < 4.78 is 0. The van der Waals surface area contributed by atoms with Crippen LogP contribution in [-0.2, 0) is 14.4 Å². The molecule has 0 unspecified atom stereocenters. The minimum atomic E-state index is -0.710. The Bertz CT molecular complexity index is 354. The molecule has 1 aliphatic heterocycles. The first-order valence-electron chi connectivity index (χ1n) is 5.87. The fourth-order valence-corrected chi connectivity index (χ4v) is 3.52. The number of hydrogen-bond donors (Lipinski definition) is 4. The van der Waals surface area contributed by atoms with Gasteiger partial charge in [0.1, 0.15) is 0 Å². The molecule has 0 aliphatic carbocycles. The zero-order chi connectivity index (χ0) is 14.3. The van der Waals surface area contributed by atoms with E-state index >= 15 is 0 Å². The summed E-state index contributed by atoms with van der Waals surface area (Å²) in [5, 5.41) is 4.53. The van der Waals surface area contributed by atoms with Gasteiger partial charge in [-0.25, -0.2) is 0 Å². The van der Waals surface area contributed by atoms with Gasteiger partial charge in [0.2, 0.25) is 17.7 Å². The predicted octanol–water partition coefficient (Wildman–Crippen LogP) is -1.42. The maximum atomic E-state index is 11.5. The van der Waals surface area contributed by atoms with Crippen molar-refractivity contribution in [3.8, 4) is 0 Å². The number of nitrogens with two attached hydrogens (primary N) is 2. The molecule has 0 aromatic heterocycles. The predicted molar refractivity (Wildman–Crippen MR) is 76.3 cm³/mol. The standard InChI is InChI=1S/C10H18N4O3S2/c11-6-1-3-18-19-4-2-7(12)10(17)14-8(15)5-13-9(6)16/h6-7H,1-5,11-12H2,(H,13,16)(H,14,15,17)/t6-,7-/m0/s1. The third kappa shape index (κ3) is 6.28. The highest BCUT2D eigenvalue weighted by atomic mass is 33.1. The van der Waals surface area contributed by atoms with E-state index in [4.69, 9.17) is 11.5 Å². The molecule has 3 amide bonds. The van der Waals surface area contributed by atoms with Crippen LogP contribution in [0.3, 0.4) is 0 Å². The van der Waals surface area contributed by atoms with Gasteiger partial charge in [0, 0.05) is 11.5 Å². The molecule has 1 saturated heterocycles. The van der Waals surface area contributed by atoms with Crippen molar-refractivity contribution in [2.24, 2.45) is 11.5 Å². The van der Waals surface area contributed by atoms with E-state index in [0.29, 0.717) is 18.6 Å². The third-order valence-corrected chi connectivity index (χ3v) is 4.94. The van der Waals surface area contributed by atoms with Gasteiger partial charge >= 0.3 is 0 Å². The molecule has 1 aliphatic rings. The first-order chi connectivity index (χ1) is 9.00. The van der Waals surface area contributed by atoms with E-state index in [1.54, 1.807) is 21.6 Å². The van der Waals surface area contributed by atoms with Crippen LogP contribution in [0, 0.1) is 0 Å². The highest BCUT2D eigenvalue weighted by Gasteiger charge is 2.19. The smallest absolute Gasteiger partial charge is 0.245 e. The Balaban J connectivity index is 2.55. The van der Waals surface area contributed by atoms with Crippen molar-refractivity contribution in [3.05, 3.63) is 0 Å². The summed E-state index contributed by atoms with van der Waals surface area (Å²) >= 11 is 0. The van der Waals surface area contributed by atoms with Crippen LogP contribution in [0.1, 0.15) is 12.8 Å². The van der Waals surface area contributed by atoms with Crippen molar-refractivity contribution in [2.45, 2.75) is 24.9 Å². The van der Waals surface area contributed by atoms with E-state index in [1.165, 1.54) is 0 Å². The fourth-order valence-electron chi connectivity index (χ4n) is 1.30. The van der Waals surface area contributed by atoms with Crippen molar-refractivity contribution >= 4 is 39.3 Å². The van der Waals surface area contributed by atoms with Gasteiger partial charge < -0.3 is 16.8 Å². The van der Waals surface area contributed by atoms with Crippen molar-refractivity contribution in [2.75, 3.05) is 18.1 Å². The second kappa shape index (κ2) is 8.41. The molecule has 19 heavy (non-hydrogen) atoms. The molecule has 0 radical (unpaired) electrons. The van der Waals surface area contributed by atoms with Gasteiger partial charge in [0.15, 0.2) is 0 Å². The second-order valence-corrected chi connectivity index (χ2v) is 6.77. The normalized spacial score (nSPS) is 28.2. The minimum Gasteiger partial charge on any atom is -0.346 e. The molecule has 6 N–H and O–H groups in total. The molecule has 0 spiro atoms. The Hall–Kier alpha value is -0.770. The zero-order valence-electron chi connectivity index (χ0n) is 10.4. The molecule has 2 atom stereocenters. The summed E-state index contributed by atoms with van der Waals surface area (Å²) in [6, 6.07) is -1.35. The number of imide groups is 1. The van der Waals surface area contributed by atoms with Crippen LogP contribution in [0.25, 0.3) is 0 Å². The summed E-state index contributed by atoms with van der Waals surface area (Å²) in [5.41, 5.74) is 11.3. The van der Waals surface area contributed by atoms with E-state index in [2.05, 4.69) is 10.6 Å². The highest BCUT2D eigenvalue weighted by molar-refractivity contribution is 8.76. The summed E-state index contributed by atoms with van der Waals surface area (Å²) in [6.07, 6.45) is 1.03. The molecule has 1 rings (SSSR count). The Morgan fingerprint density at radius 2 is 1.47 bits per heavy atom. The number of nitrogens with one attached hydrogen (secondary N) is 2. The topological polar surface area (TPSA) is 127 Å². The summed E-state index contributed by atoms with van der Waals surface area (Å²) in [7, 11) is 3.17. The summed E-state index contributed by atoms with van der Waals surface area (Å²) in [5.74, 6) is -0.0652. The van der Waals surface area contributed by atoms with E-state index in [0.717, 1.165) is 5.75 Å². The second-order valence-electron chi connectivity index (χ2n) is 4.06. The van der Waals surface area contributed by atoms with Gasteiger partial charge in [-0.15, -0.1) is 0 Å². The molecular weight excluding hydrogens is 288 g/mol. The molecule has 0 saturated carbocycles. The highest BCUT2D eigenvalue weighted by Crippen LogP contribution is 2.23. The van der Waals surface area contributed by atoms with Crippen molar-refractivity contribution in [3.63, 3.8) is 0 Å². The largest absolute Gasteiger partial charge is 0.346 e. The van der Waals surface area contributed by atoms with E-state index in [9.17, 15) is 14.4 Å². The summed E-state index contributed by atoms with van der Waals surface area (Å²) in [4.78, 5) is 34.5. The van der Waals surface area contributed by atoms with Crippen molar-refractivity contribution < 1.29 is 14.4 Å². The Morgan fingerprint density at radius 3 is 2.05 bits per heavy atom. The van der Waals surface area contributed by atoms with Crippen molar-refractivity contribution in [1.29, 1.82) is 0 Å². The lowest BCUT2D eigenvalue weighted by Gasteiger charge is -2.14. The van der Waals surface area contributed by atoms with E-state index < -0.39 is 29.8 Å². The average Bonchev–Trinajstić information content (AvgIpc) is 2.38. The zero-order valence-corrected chi connectivity index (χ0v) is 12.0. The van der Waals surface area contributed by atoms with Crippen LogP contribution in [0.2, 0.25) is 0 Å². The van der Waals surface area contributed by atoms with Crippen LogP contribution in [0.15, 0.2) is 0 Å². The lowest BCUT2D eigenvalue weighted by Crippen LogP contribution is -2.49. The van der Waals surface area contributed by atoms with Crippen LogP contribution in [0.5, 0.6) is 0 Å². The first kappa shape index (κ1) is 16.3. The number of hydrogen-bond acceptors (Lipinski definition) is 7. The van der Waals surface area contributed by atoms with Gasteiger partial charge in [-0.2, -0.15) is 0 Å². The average molecular weight is 306 g/mol. The van der Waals surface area contributed by atoms with Gasteiger partial charge in [-0.3, -0.25) is 19.7 Å². The van der Waals surface area contributed by atoms with Crippen LogP contribution in [-0.4, -0.2) is 47.9 Å². The maximum absolute atomic E-state index is 11.5. The van der Waals surface area contributed by atoms with Crippen LogP contribution < -0.4 is 22.1 Å². The molecule has 9 heteroatoms. The maximum Gasteiger partial charge on any atom is 0.245 e. The lowest BCUT2D eigenvalue weighted by molar-refractivity contribution is -0.132. The molecule has 0 bridgehead atoms. The lowest BCUT2D eigenvalue weighted by atomic mass is 10.2. The fraction of sp³-hybridized carbons (Fsp3) is 0.700. The van der Waals surface area contributed by atoms with Crippen LogP contribution in [0.4, 0.5) is 0 Å². The van der Waals surface area contributed by atoms with Gasteiger partial charge in [-0.05, 0) is 12.8 Å². The molecule has 108 valence electrons. The summed E-state index contributed by atoms with van der Waals surface area (Å²) in [6.45, 7) is -0.271. The number of rotatable bonds is 0. The third-order valence-electron chi connectivity index (χ3n) is 2.47. The minimum absolute atomic E-state index is 0.271. The molecular formula is C10H18N4O3S2. The quantitative estimate of drug-likeness (QED) is 0.319. The van der Waals surface area contributed by atoms with Gasteiger partial charge in [0.05, 0.1) is 18.6 Å². The van der Waals surface area contributed by atoms with E-state index in [1.807, 2.05) is 0 Å². The Morgan fingerprint density at radius 1 is 0.947 bits per heavy atom. The molecule has 0 aromatic carbocycles. The first-order valence-corrected chi connectivity index (χ1v) is 8.36. The Labute approximate surface area is 119 Å². The number of carbonyl (C=O) groups excluding carboxylic acids is 3. The number of carbonyl (C=O) groups is 3.